The van der Waals surface area contributed by atoms with E-state index in [1.807, 2.05) is 18.7 Å². The summed E-state index contributed by atoms with van der Waals surface area (Å²) in [6, 6.07) is 1.43. The summed E-state index contributed by atoms with van der Waals surface area (Å²) in [6.07, 6.45) is 3.62. The van der Waals surface area contributed by atoms with E-state index in [0.29, 0.717) is 18.1 Å². The molecule has 2 unspecified atom stereocenters. The van der Waals surface area contributed by atoms with E-state index in [1.165, 1.54) is 12.8 Å². The van der Waals surface area contributed by atoms with Gasteiger partial charge in [-0.05, 0) is 39.0 Å². The van der Waals surface area contributed by atoms with Crippen LogP contribution in [-0.2, 0) is 4.79 Å². The minimum absolute atomic E-state index is 0. The van der Waals surface area contributed by atoms with Crippen molar-refractivity contribution in [3.63, 3.8) is 0 Å². The molecule has 0 radical (unpaired) electrons. The number of nitrogens with two attached hydrogens (primary N) is 1. The van der Waals surface area contributed by atoms with Crippen molar-refractivity contribution in [2.24, 2.45) is 11.7 Å². The third-order valence-electron chi connectivity index (χ3n) is 4.75. The van der Waals surface area contributed by atoms with Crippen molar-refractivity contribution in [3.8, 4) is 0 Å². The standard InChI is InChI=1S/C15H29N3O.ClH/c1-10(2)14(16)15(19)17-8-7-12-5-6-13(9-17)18(12)11(3)4;/h10-14H,5-9,16H2,1-4H3;1H/t12?,13?,14-;/m0./s1. The number of hydrogen-bond donors (Lipinski definition) is 1. The Morgan fingerprint density at radius 2 is 1.70 bits per heavy atom. The van der Waals surface area contributed by atoms with Crippen molar-refractivity contribution in [2.45, 2.75) is 71.1 Å². The lowest BCUT2D eigenvalue weighted by atomic mass is 10.0. The Kier molecular flexibility index (Phi) is 6.29. The Morgan fingerprint density at radius 1 is 1.10 bits per heavy atom. The third kappa shape index (κ3) is 3.46. The fraction of sp³-hybridized carbons (Fsp3) is 0.933. The summed E-state index contributed by atoms with van der Waals surface area (Å²) in [7, 11) is 0. The van der Waals surface area contributed by atoms with Crippen LogP contribution in [0.25, 0.3) is 0 Å². The highest BCUT2D eigenvalue weighted by Crippen LogP contribution is 2.32. The first-order chi connectivity index (χ1) is 8.91. The van der Waals surface area contributed by atoms with Crippen molar-refractivity contribution in [3.05, 3.63) is 0 Å². The summed E-state index contributed by atoms with van der Waals surface area (Å²) in [5.41, 5.74) is 6.03. The number of carbonyl (C=O) groups excluding carboxylic acids is 1. The van der Waals surface area contributed by atoms with Gasteiger partial charge in [-0.3, -0.25) is 9.69 Å². The summed E-state index contributed by atoms with van der Waals surface area (Å²) in [5.74, 6) is 0.361. The average molecular weight is 304 g/mol. The van der Waals surface area contributed by atoms with Crippen LogP contribution in [0.5, 0.6) is 0 Å². The predicted molar refractivity (Wildman–Crippen MR) is 85.0 cm³/mol. The van der Waals surface area contributed by atoms with E-state index in [9.17, 15) is 4.79 Å². The van der Waals surface area contributed by atoms with E-state index in [1.54, 1.807) is 0 Å². The lowest BCUT2D eigenvalue weighted by Crippen LogP contribution is -2.50. The van der Waals surface area contributed by atoms with Crippen LogP contribution in [0.1, 0.15) is 47.0 Å². The first kappa shape index (κ1) is 17.7. The zero-order valence-electron chi connectivity index (χ0n) is 13.2. The molecule has 2 aliphatic rings. The van der Waals surface area contributed by atoms with Gasteiger partial charge in [-0.2, -0.15) is 0 Å². The second kappa shape index (κ2) is 7.10. The molecule has 0 aromatic rings. The Morgan fingerprint density at radius 3 is 2.25 bits per heavy atom. The van der Waals surface area contributed by atoms with Gasteiger partial charge in [0.2, 0.25) is 5.91 Å². The molecule has 2 fully saturated rings. The smallest absolute Gasteiger partial charge is 0.239 e. The van der Waals surface area contributed by atoms with Gasteiger partial charge >= 0.3 is 0 Å². The first-order valence-electron chi connectivity index (χ1n) is 7.73. The quantitative estimate of drug-likeness (QED) is 0.866. The summed E-state index contributed by atoms with van der Waals surface area (Å²) in [5, 5.41) is 0. The van der Waals surface area contributed by atoms with Gasteiger partial charge in [0.15, 0.2) is 0 Å². The number of nitrogens with zero attached hydrogens (tertiary/aromatic N) is 2. The van der Waals surface area contributed by atoms with Crippen molar-refractivity contribution in [1.82, 2.24) is 9.80 Å². The molecular formula is C15H30ClN3O. The molecule has 3 atom stereocenters. The van der Waals surface area contributed by atoms with Gasteiger partial charge in [0.1, 0.15) is 0 Å². The molecule has 2 bridgehead atoms. The fourth-order valence-electron chi connectivity index (χ4n) is 3.65. The maximum Gasteiger partial charge on any atom is 0.239 e. The third-order valence-corrected chi connectivity index (χ3v) is 4.75. The molecule has 5 heteroatoms. The summed E-state index contributed by atoms with van der Waals surface area (Å²) >= 11 is 0. The highest BCUT2D eigenvalue weighted by atomic mass is 35.5. The van der Waals surface area contributed by atoms with Gasteiger partial charge in [-0.1, -0.05) is 13.8 Å². The van der Waals surface area contributed by atoms with E-state index in [-0.39, 0.29) is 30.3 Å². The van der Waals surface area contributed by atoms with Crippen molar-refractivity contribution in [2.75, 3.05) is 13.1 Å². The largest absolute Gasteiger partial charge is 0.340 e. The van der Waals surface area contributed by atoms with Gasteiger partial charge < -0.3 is 10.6 Å². The molecule has 2 saturated heterocycles. The highest BCUT2D eigenvalue weighted by molar-refractivity contribution is 5.85. The van der Waals surface area contributed by atoms with Crippen LogP contribution in [0.15, 0.2) is 0 Å². The predicted octanol–water partition coefficient (Wildman–Crippen LogP) is 1.87. The van der Waals surface area contributed by atoms with Crippen LogP contribution in [0.2, 0.25) is 0 Å². The van der Waals surface area contributed by atoms with Crippen molar-refractivity contribution in [1.29, 1.82) is 0 Å². The van der Waals surface area contributed by atoms with E-state index in [0.717, 1.165) is 19.5 Å². The van der Waals surface area contributed by atoms with Crippen LogP contribution in [-0.4, -0.2) is 53.0 Å². The normalized spacial score (nSPS) is 28.4. The molecule has 0 aromatic heterocycles. The minimum Gasteiger partial charge on any atom is -0.340 e. The Hall–Kier alpha value is -0.320. The monoisotopic (exact) mass is 303 g/mol. The molecular weight excluding hydrogens is 274 g/mol. The molecule has 4 nitrogen and oxygen atoms in total. The van der Waals surface area contributed by atoms with Gasteiger partial charge in [0.25, 0.3) is 0 Å². The summed E-state index contributed by atoms with van der Waals surface area (Å²) in [6.45, 7) is 10.3. The fourth-order valence-corrected chi connectivity index (χ4v) is 3.65. The van der Waals surface area contributed by atoms with Gasteiger partial charge in [-0.25, -0.2) is 0 Å². The summed E-state index contributed by atoms with van der Waals surface area (Å²) in [4.78, 5) is 17.1. The Balaban J connectivity index is 0.00000200. The van der Waals surface area contributed by atoms with Gasteiger partial charge in [-0.15, -0.1) is 12.4 Å². The molecule has 0 aliphatic carbocycles. The molecule has 2 N–H and O–H groups in total. The van der Waals surface area contributed by atoms with E-state index in [4.69, 9.17) is 5.73 Å². The molecule has 20 heavy (non-hydrogen) atoms. The topological polar surface area (TPSA) is 49.6 Å². The number of likely N-dealkylation sites (tertiary alicyclic amines) is 1. The van der Waals surface area contributed by atoms with Gasteiger partial charge in [0, 0.05) is 31.2 Å². The zero-order valence-corrected chi connectivity index (χ0v) is 14.0. The molecule has 2 rings (SSSR count). The zero-order chi connectivity index (χ0) is 14.2. The van der Waals surface area contributed by atoms with Crippen molar-refractivity contribution < 1.29 is 4.79 Å². The lowest BCUT2D eigenvalue weighted by molar-refractivity contribution is -0.134. The average Bonchev–Trinajstić information content (AvgIpc) is 2.62. The number of hydrogen-bond acceptors (Lipinski definition) is 3. The lowest BCUT2D eigenvalue weighted by Gasteiger charge is -2.32. The second-order valence-corrected chi connectivity index (χ2v) is 6.77. The molecule has 1 amide bonds. The molecule has 2 aliphatic heterocycles. The Bertz CT molecular complexity index is 335. The molecule has 2 heterocycles. The maximum atomic E-state index is 12.4. The number of amides is 1. The van der Waals surface area contributed by atoms with Crippen LogP contribution >= 0.6 is 12.4 Å². The van der Waals surface area contributed by atoms with E-state index in [2.05, 4.69) is 18.7 Å². The first-order valence-corrected chi connectivity index (χ1v) is 7.73. The van der Waals surface area contributed by atoms with Crippen LogP contribution in [0.4, 0.5) is 0 Å². The number of fused-ring (bicyclic) bond motifs is 2. The maximum absolute atomic E-state index is 12.4. The summed E-state index contributed by atoms with van der Waals surface area (Å²) < 4.78 is 0. The van der Waals surface area contributed by atoms with Crippen molar-refractivity contribution >= 4 is 18.3 Å². The minimum atomic E-state index is -0.343. The number of carbonyl (C=O) groups is 1. The molecule has 118 valence electrons. The molecule has 0 saturated carbocycles. The number of halogens is 1. The van der Waals surface area contributed by atoms with Crippen LogP contribution in [0, 0.1) is 5.92 Å². The second-order valence-electron chi connectivity index (χ2n) is 6.77. The Labute approximate surface area is 129 Å². The number of rotatable bonds is 3. The van der Waals surface area contributed by atoms with E-state index < -0.39 is 0 Å². The van der Waals surface area contributed by atoms with Crippen LogP contribution < -0.4 is 5.73 Å². The van der Waals surface area contributed by atoms with E-state index >= 15 is 0 Å². The highest BCUT2D eigenvalue weighted by Gasteiger charge is 2.40. The molecule has 0 aromatic carbocycles. The van der Waals surface area contributed by atoms with Gasteiger partial charge in [0.05, 0.1) is 6.04 Å². The SMILES string of the molecule is CC(C)[C@H](N)C(=O)N1CCC2CCC(C1)N2C(C)C.Cl. The molecule has 0 spiro atoms. The van der Waals surface area contributed by atoms with Crippen LogP contribution in [0.3, 0.4) is 0 Å².